The molecule has 0 atom stereocenters. The predicted molar refractivity (Wildman–Crippen MR) is 113 cm³/mol. The first-order valence-electron chi connectivity index (χ1n) is 9.18. The summed E-state index contributed by atoms with van der Waals surface area (Å²) in [5, 5.41) is 14.4. The van der Waals surface area contributed by atoms with Crippen LogP contribution in [0.3, 0.4) is 0 Å². The second-order valence-corrected chi connectivity index (χ2v) is 6.57. The van der Waals surface area contributed by atoms with Crippen LogP contribution < -0.4 is 10.1 Å². The van der Waals surface area contributed by atoms with E-state index in [-0.39, 0.29) is 5.57 Å². The molecule has 0 radical (unpaired) electrons. The molecule has 1 N–H and O–H groups in total. The number of hydrogen-bond acceptors (Lipinski definition) is 3. The minimum atomic E-state index is -0.440. The van der Waals surface area contributed by atoms with Gasteiger partial charge in [0.25, 0.3) is 5.91 Å². The minimum absolute atomic E-state index is 0.0253. The van der Waals surface area contributed by atoms with Crippen LogP contribution in [0.2, 0.25) is 0 Å². The lowest BCUT2D eigenvalue weighted by atomic mass is 10.0. The van der Waals surface area contributed by atoms with Crippen LogP contribution in [-0.4, -0.2) is 12.5 Å². The van der Waals surface area contributed by atoms with Crippen LogP contribution in [0, 0.1) is 25.2 Å². The Morgan fingerprint density at radius 1 is 1.14 bits per heavy atom. The fraction of sp³-hybridized carbons (Fsp3) is 0.167. The molecule has 0 aromatic heterocycles. The van der Waals surface area contributed by atoms with Gasteiger partial charge in [-0.05, 0) is 55.3 Å². The number of ether oxygens (including phenoxy) is 1. The maximum absolute atomic E-state index is 12.7. The predicted octanol–water partition coefficient (Wildman–Crippen LogP) is 5.40. The Morgan fingerprint density at radius 3 is 2.64 bits per heavy atom. The van der Waals surface area contributed by atoms with Gasteiger partial charge < -0.3 is 10.1 Å². The van der Waals surface area contributed by atoms with Gasteiger partial charge in [0.2, 0.25) is 0 Å². The fourth-order valence-corrected chi connectivity index (χ4v) is 3.14. The van der Waals surface area contributed by atoms with Gasteiger partial charge in [0.1, 0.15) is 17.4 Å². The smallest absolute Gasteiger partial charge is 0.266 e. The Balaban J connectivity index is 2.03. The zero-order valence-electron chi connectivity index (χ0n) is 16.2. The number of amides is 1. The lowest BCUT2D eigenvalue weighted by Gasteiger charge is -2.12. The second-order valence-electron chi connectivity index (χ2n) is 6.57. The Bertz CT molecular complexity index is 1110. The van der Waals surface area contributed by atoms with Crippen molar-refractivity contribution in [2.75, 3.05) is 11.9 Å². The van der Waals surface area contributed by atoms with E-state index >= 15 is 0 Å². The minimum Gasteiger partial charge on any atom is -0.493 e. The summed E-state index contributed by atoms with van der Waals surface area (Å²) in [6.07, 6.45) is 1.60. The van der Waals surface area contributed by atoms with Gasteiger partial charge in [0.15, 0.2) is 0 Å². The third-order valence-corrected chi connectivity index (χ3v) is 4.51. The maximum atomic E-state index is 12.7. The third-order valence-electron chi connectivity index (χ3n) is 4.51. The number of nitriles is 1. The van der Waals surface area contributed by atoms with E-state index in [0.29, 0.717) is 18.0 Å². The highest BCUT2D eigenvalue weighted by atomic mass is 16.5. The van der Waals surface area contributed by atoms with Gasteiger partial charge in [0, 0.05) is 11.3 Å². The number of benzene rings is 3. The van der Waals surface area contributed by atoms with E-state index in [4.69, 9.17) is 4.74 Å². The second kappa shape index (κ2) is 8.41. The first-order chi connectivity index (χ1) is 13.5. The van der Waals surface area contributed by atoms with Gasteiger partial charge in [0.05, 0.1) is 6.61 Å². The van der Waals surface area contributed by atoms with E-state index in [9.17, 15) is 10.1 Å². The topological polar surface area (TPSA) is 62.1 Å². The van der Waals surface area contributed by atoms with E-state index in [2.05, 4.69) is 5.32 Å². The maximum Gasteiger partial charge on any atom is 0.266 e. The van der Waals surface area contributed by atoms with Crippen LogP contribution in [0.4, 0.5) is 5.69 Å². The molecule has 0 saturated heterocycles. The van der Waals surface area contributed by atoms with Crippen LogP contribution in [-0.2, 0) is 4.79 Å². The summed E-state index contributed by atoms with van der Waals surface area (Å²) in [5.41, 5.74) is 3.51. The molecule has 0 aliphatic heterocycles. The van der Waals surface area contributed by atoms with E-state index < -0.39 is 5.91 Å². The molecule has 140 valence electrons. The number of carbonyl (C=O) groups excluding carboxylic acids is 1. The van der Waals surface area contributed by atoms with Gasteiger partial charge in [-0.2, -0.15) is 5.26 Å². The van der Waals surface area contributed by atoms with Crippen molar-refractivity contribution in [1.82, 2.24) is 0 Å². The number of nitrogens with one attached hydrogen (secondary N) is 1. The SMILES string of the molecule is CCOc1ccc2ccccc2c1/C=C(\C#N)C(=O)Nc1ccc(C)cc1C. The van der Waals surface area contributed by atoms with Crippen LogP contribution in [0.5, 0.6) is 5.75 Å². The van der Waals surface area contributed by atoms with Gasteiger partial charge in [-0.15, -0.1) is 0 Å². The number of aryl methyl sites for hydroxylation is 2. The largest absolute Gasteiger partial charge is 0.493 e. The zero-order valence-corrected chi connectivity index (χ0v) is 16.2. The quantitative estimate of drug-likeness (QED) is 0.483. The zero-order chi connectivity index (χ0) is 20.1. The number of nitrogens with zero attached hydrogens (tertiary/aromatic N) is 1. The Hall–Kier alpha value is -3.58. The molecule has 28 heavy (non-hydrogen) atoms. The van der Waals surface area contributed by atoms with Crippen molar-refractivity contribution in [3.05, 3.63) is 76.9 Å². The molecular formula is C24H22N2O2. The van der Waals surface area contributed by atoms with Crippen molar-refractivity contribution in [3.63, 3.8) is 0 Å². The van der Waals surface area contributed by atoms with E-state index in [1.54, 1.807) is 6.08 Å². The number of fused-ring (bicyclic) bond motifs is 1. The molecule has 0 bridgehead atoms. The van der Waals surface area contributed by atoms with Gasteiger partial charge in [-0.1, -0.05) is 48.0 Å². The molecule has 4 heteroatoms. The molecule has 3 rings (SSSR count). The average Bonchev–Trinajstić information content (AvgIpc) is 2.69. The molecule has 0 saturated carbocycles. The summed E-state index contributed by atoms with van der Waals surface area (Å²) in [7, 11) is 0. The van der Waals surface area contributed by atoms with Gasteiger partial charge in [-0.25, -0.2) is 0 Å². The summed E-state index contributed by atoms with van der Waals surface area (Å²) in [6.45, 7) is 6.32. The van der Waals surface area contributed by atoms with Crippen LogP contribution >= 0.6 is 0 Å². The van der Waals surface area contributed by atoms with Crippen LogP contribution in [0.25, 0.3) is 16.8 Å². The number of hydrogen-bond donors (Lipinski definition) is 1. The molecule has 4 nitrogen and oxygen atoms in total. The molecule has 0 aliphatic rings. The van der Waals surface area contributed by atoms with Crippen molar-refractivity contribution in [3.8, 4) is 11.8 Å². The van der Waals surface area contributed by atoms with Gasteiger partial charge in [-0.3, -0.25) is 4.79 Å². The fourth-order valence-electron chi connectivity index (χ4n) is 3.14. The van der Waals surface area contributed by atoms with E-state index in [1.165, 1.54) is 0 Å². The monoisotopic (exact) mass is 370 g/mol. The first-order valence-corrected chi connectivity index (χ1v) is 9.18. The lowest BCUT2D eigenvalue weighted by Crippen LogP contribution is -2.14. The van der Waals surface area contributed by atoms with E-state index in [1.807, 2.05) is 81.4 Å². The number of carbonyl (C=O) groups is 1. The molecule has 0 aliphatic carbocycles. The highest BCUT2D eigenvalue weighted by Crippen LogP contribution is 2.30. The average molecular weight is 370 g/mol. The standard InChI is InChI=1S/C24H22N2O2/c1-4-28-23-12-10-18-7-5-6-8-20(18)21(23)14-19(15-25)24(27)26-22-11-9-16(2)13-17(22)3/h5-14H,4H2,1-3H3,(H,26,27)/b19-14+. The molecule has 3 aromatic carbocycles. The Kier molecular flexibility index (Phi) is 5.76. The first kappa shape index (κ1) is 19.2. The van der Waals surface area contributed by atoms with Crippen molar-refractivity contribution in [2.24, 2.45) is 0 Å². The molecule has 0 spiro atoms. The molecule has 0 unspecified atom stereocenters. The molecular weight excluding hydrogens is 348 g/mol. The molecule has 0 heterocycles. The van der Waals surface area contributed by atoms with Crippen LogP contribution in [0.1, 0.15) is 23.6 Å². The molecule has 3 aromatic rings. The third kappa shape index (κ3) is 4.05. The summed E-state index contributed by atoms with van der Waals surface area (Å²) in [5.74, 6) is 0.207. The molecule has 0 fully saturated rings. The lowest BCUT2D eigenvalue weighted by molar-refractivity contribution is -0.112. The molecule has 1 amide bonds. The summed E-state index contributed by atoms with van der Waals surface area (Å²) >= 11 is 0. The highest BCUT2D eigenvalue weighted by molar-refractivity contribution is 6.11. The van der Waals surface area contributed by atoms with Crippen molar-refractivity contribution < 1.29 is 9.53 Å². The summed E-state index contributed by atoms with van der Waals surface area (Å²) < 4.78 is 5.74. The van der Waals surface area contributed by atoms with Crippen molar-refractivity contribution >= 4 is 28.4 Å². The number of anilines is 1. The van der Waals surface area contributed by atoms with Crippen molar-refractivity contribution in [1.29, 1.82) is 5.26 Å². The van der Waals surface area contributed by atoms with Gasteiger partial charge >= 0.3 is 0 Å². The normalized spacial score (nSPS) is 11.1. The highest BCUT2D eigenvalue weighted by Gasteiger charge is 2.14. The van der Waals surface area contributed by atoms with Crippen LogP contribution in [0.15, 0.2) is 60.2 Å². The summed E-state index contributed by atoms with van der Waals surface area (Å²) in [4.78, 5) is 12.7. The Labute approximate surface area is 165 Å². The summed E-state index contributed by atoms with van der Waals surface area (Å²) in [6, 6.07) is 19.5. The Morgan fingerprint density at radius 2 is 1.93 bits per heavy atom. The van der Waals surface area contributed by atoms with E-state index in [0.717, 1.165) is 27.5 Å². The van der Waals surface area contributed by atoms with Crippen molar-refractivity contribution in [2.45, 2.75) is 20.8 Å². The number of rotatable bonds is 5.